The fourth-order valence-corrected chi connectivity index (χ4v) is 2.67. The van der Waals surface area contributed by atoms with Gasteiger partial charge in [0.05, 0.1) is 36.7 Å². The highest BCUT2D eigenvalue weighted by atomic mass is 35.5. The summed E-state index contributed by atoms with van der Waals surface area (Å²) < 4.78 is 10.3. The van der Waals surface area contributed by atoms with E-state index in [2.05, 4.69) is 15.3 Å². The maximum absolute atomic E-state index is 12.1. The van der Waals surface area contributed by atoms with Crippen LogP contribution >= 0.6 is 23.4 Å². The lowest BCUT2D eigenvalue weighted by Gasteiger charge is -2.13. The lowest BCUT2D eigenvalue weighted by molar-refractivity contribution is -0.113. The zero-order chi connectivity index (χ0) is 17.7. The van der Waals surface area contributed by atoms with Crippen molar-refractivity contribution in [2.45, 2.75) is 5.16 Å². The summed E-state index contributed by atoms with van der Waals surface area (Å²) in [7, 11) is 2.91. The first-order valence-electron chi connectivity index (χ1n) is 6.57. The predicted octanol–water partition coefficient (Wildman–Crippen LogP) is 1.88. The first-order valence-corrected chi connectivity index (χ1v) is 7.93. The van der Waals surface area contributed by atoms with Crippen molar-refractivity contribution in [2.75, 3.05) is 25.3 Å². The van der Waals surface area contributed by atoms with Gasteiger partial charge in [0.1, 0.15) is 11.5 Å². The van der Waals surface area contributed by atoms with Crippen LogP contribution in [0, 0.1) is 0 Å². The fraction of sp³-hybridized carbons (Fsp3) is 0.214. The van der Waals surface area contributed by atoms with Crippen LogP contribution in [0.4, 0.5) is 5.69 Å². The molecule has 0 radical (unpaired) electrons. The molecule has 1 aromatic heterocycles. The molecule has 1 aromatic carbocycles. The van der Waals surface area contributed by atoms with Gasteiger partial charge in [0, 0.05) is 12.1 Å². The Labute approximate surface area is 146 Å². The molecule has 1 amide bonds. The van der Waals surface area contributed by atoms with E-state index in [0.29, 0.717) is 22.2 Å². The summed E-state index contributed by atoms with van der Waals surface area (Å²) in [5.74, 6) is -0.0533. The predicted molar refractivity (Wildman–Crippen MR) is 90.4 cm³/mol. The molecule has 10 heteroatoms. The zero-order valence-electron chi connectivity index (χ0n) is 12.8. The van der Waals surface area contributed by atoms with Gasteiger partial charge in [-0.25, -0.2) is 0 Å². The third kappa shape index (κ3) is 4.56. The monoisotopic (exact) mass is 371 g/mol. The number of rotatable bonds is 6. The Bertz CT molecular complexity index is 811. The van der Waals surface area contributed by atoms with Crippen molar-refractivity contribution in [3.63, 3.8) is 0 Å². The number of benzene rings is 1. The summed E-state index contributed by atoms with van der Waals surface area (Å²) in [6, 6.07) is 4.00. The van der Waals surface area contributed by atoms with Crippen molar-refractivity contribution in [1.82, 2.24) is 9.97 Å². The number of ether oxygens (including phenoxy) is 2. The molecule has 2 rings (SSSR count). The molecular formula is C14H14ClN3O5S. The molecule has 0 aliphatic rings. The van der Waals surface area contributed by atoms with E-state index in [4.69, 9.17) is 21.1 Å². The third-order valence-corrected chi connectivity index (χ3v) is 3.96. The Morgan fingerprint density at radius 3 is 2.67 bits per heavy atom. The number of thioether (sulfide) groups is 1. The molecule has 24 heavy (non-hydrogen) atoms. The molecular weight excluding hydrogens is 358 g/mol. The summed E-state index contributed by atoms with van der Waals surface area (Å²) in [5.41, 5.74) is -0.115. The first kappa shape index (κ1) is 18.0. The number of hydrogen-bond donors (Lipinski definition) is 3. The number of aromatic nitrogens is 2. The number of hydrogen-bond acceptors (Lipinski definition) is 7. The van der Waals surface area contributed by atoms with Crippen molar-refractivity contribution in [1.29, 1.82) is 0 Å². The van der Waals surface area contributed by atoms with Gasteiger partial charge in [-0.3, -0.25) is 9.59 Å². The van der Waals surface area contributed by atoms with Gasteiger partial charge >= 0.3 is 0 Å². The van der Waals surface area contributed by atoms with Crippen LogP contribution in [0.2, 0.25) is 5.02 Å². The molecule has 0 spiro atoms. The van der Waals surface area contributed by atoms with Gasteiger partial charge in [-0.15, -0.1) is 0 Å². The summed E-state index contributed by atoms with van der Waals surface area (Å²) in [6.45, 7) is 0. The second kappa shape index (κ2) is 7.93. The van der Waals surface area contributed by atoms with Crippen molar-refractivity contribution < 1.29 is 19.4 Å². The first-order chi connectivity index (χ1) is 11.4. The third-order valence-electron chi connectivity index (χ3n) is 2.79. The Kier molecular flexibility index (Phi) is 5.93. The van der Waals surface area contributed by atoms with Crippen LogP contribution in [-0.2, 0) is 4.79 Å². The van der Waals surface area contributed by atoms with E-state index in [0.717, 1.165) is 17.8 Å². The van der Waals surface area contributed by atoms with Crippen LogP contribution < -0.4 is 20.3 Å². The van der Waals surface area contributed by atoms with Gasteiger partial charge in [0.15, 0.2) is 5.16 Å². The number of aromatic hydroxyl groups is 1. The average molecular weight is 372 g/mol. The summed E-state index contributed by atoms with van der Waals surface area (Å²) >= 11 is 6.97. The van der Waals surface area contributed by atoms with E-state index in [1.165, 1.54) is 26.4 Å². The topological polar surface area (TPSA) is 114 Å². The lowest BCUT2D eigenvalue weighted by Crippen LogP contribution is -2.16. The molecule has 2 aromatic rings. The van der Waals surface area contributed by atoms with E-state index in [-0.39, 0.29) is 16.8 Å². The summed E-state index contributed by atoms with van der Waals surface area (Å²) in [6.07, 6.45) is 0. The van der Waals surface area contributed by atoms with Gasteiger partial charge in [-0.2, -0.15) is 4.98 Å². The van der Waals surface area contributed by atoms with E-state index in [1.807, 2.05) is 0 Å². The standard InChI is InChI=1S/C14H14ClN3O5S/c1-22-9-4-8(10(23-2)3-7(9)15)16-13(21)6-24-14-17-11(19)5-12(20)18-14/h3-5H,6H2,1-2H3,(H,16,21)(H2,17,18,19,20). The molecule has 0 aliphatic carbocycles. The Morgan fingerprint density at radius 1 is 1.33 bits per heavy atom. The smallest absolute Gasteiger partial charge is 0.255 e. The Morgan fingerprint density at radius 2 is 2.04 bits per heavy atom. The van der Waals surface area contributed by atoms with Gasteiger partial charge in [-0.1, -0.05) is 23.4 Å². The van der Waals surface area contributed by atoms with Crippen molar-refractivity contribution >= 4 is 35.0 Å². The SMILES string of the molecule is COc1cc(NC(=O)CSc2nc(O)cc(=O)[nH]2)c(OC)cc1Cl. The number of carbonyl (C=O) groups is 1. The maximum Gasteiger partial charge on any atom is 0.255 e. The van der Waals surface area contributed by atoms with E-state index >= 15 is 0 Å². The molecule has 128 valence electrons. The molecule has 3 N–H and O–H groups in total. The lowest BCUT2D eigenvalue weighted by atomic mass is 10.2. The minimum atomic E-state index is -0.505. The van der Waals surface area contributed by atoms with Crippen LogP contribution in [-0.4, -0.2) is 41.0 Å². The highest BCUT2D eigenvalue weighted by Gasteiger charge is 2.13. The van der Waals surface area contributed by atoms with Gasteiger partial charge in [-0.05, 0) is 0 Å². The number of anilines is 1. The number of nitrogens with zero attached hydrogens (tertiary/aromatic N) is 1. The second-order valence-corrected chi connectivity index (χ2v) is 5.80. The van der Waals surface area contributed by atoms with Crippen molar-refractivity contribution in [3.05, 3.63) is 33.6 Å². The molecule has 0 atom stereocenters. The molecule has 8 nitrogen and oxygen atoms in total. The average Bonchev–Trinajstić information content (AvgIpc) is 2.53. The number of H-pyrrole nitrogens is 1. The van der Waals surface area contributed by atoms with Crippen LogP contribution in [0.1, 0.15) is 0 Å². The van der Waals surface area contributed by atoms with E-state index in [9.17, 15) is 14.7 Å². The van der Waals surface area contributed by atoms with Crippen molar-refractivity contribution in [2.24, 2.45) is 0 Å². The normalized spacial score (nSPS) is 10.3. The zero-order valence-corrected chi connectivity index (χ0v) is 14.3. The number of aromatic amines is 1. The fourth-order valence-electron chi connectivity index (χ4n) is 1.77. The minimum Gasteiger partial charge on any atom is -0.495 e. The van der Waals surface area contributed by atoms with Gasteiger partial charge < -0.3 is 24.9 Å². The van der Waals surface area contributed by atoms with Crippen molar-refractivity contribution in [3.8, 4) is 17.4 Å². The van der Waals surface area contributed by atoms with Gasteiger partial charge in [0.25, 0.3) is 5.56 Å². The second-order valence-electron chi connectivity index (χ2n) is 4.43. The molecule has 0 aliphatic heterocycles. The summed E-state index contributed by atoms with van der Waals surface area (Å²) in [5, 5.41) is 12.4. The molecule has 1 heterocycles. The number of amides is 1. The highest BCUT2D eigenvalue weighted by molar-refractivity contribution is 7.99. The number of nitrogens with one attached hydrogen (secondary N) is 2. The molecule has 0 unspecified atom stereocenters. The molecule has 0 fully saturated rings. The minimum absolute atomic E-state index is 0.0412. The number of halogens is 1. The Balaban J connectivity index is 2.08. The number of methoxy groups -OCH3 is 2. The number of carbonyl (C=O) groups excluding carboxylic acids is 1. The Hall–Kier alpha value is -2.39. The molecule has 0 saturated heterocycles. The van der Waals surface area contributed by atoms with Crippen LogP contribution in [0.3, 0.4) is 0 Å². The van der Waals surface area contributed by atoms with E-state index in [1.54, 1.807) is 0 Å². The maximum atomic E-state index is 12.1. The quantitative estimate of drug-likeness (QED) is 0.524. The van der Waals surface area contributed by atoms with Gasteiger partial charge in [0.2, 0.25) is 11.8 Å². The van der Waals surface area contributed by atoms with Crippen LogP contribution in [0.25, 0.3) is 0 Å². The highest BCUT2D eigenvalue weighted by Crippen LogP contribution is 2.35. The van der Waals surface area contributed by atoms with Crippen LogP contribution in [0.15, 0.2) is 28.2 Å². The summed E-state index contributed by atoms with van der Waals surface area (Å²) in [4.78, 5) is 29.4. The largest absolute Gasteiger partial charge is 0.495 e. The van der Waals surface area contributed by atoms with Crippen LogP contribution in [0.5, 0.6) is 17.4 Å². The van der Waals surface area contributed by atoms with E-state index < -0.39 is 11.4 Å². The molecule has 0 saturated carbocycles. The molecule has 0 bridgehead atoms.